The van der Waals surface area contributed by atoms with Gasteiger partial charge in [0, 0.05) is 11.2 Å². The first-order valence-electron chi connectivity index (χ1n) is 6.89. The van der Waals surface area contributed by atoms with Gasteiger partial charge in [0.15, 0.2) is 9.84 Å². The van der Waals surface area contributed by atoms with Crippen molar-refractivity contribution in [1.29, 1.82) is 0 Å². The molecule has 1 heterocycles. The summed E-state index contributed by atoms with van der Waals surface area (Å²) >= 11 is 1.43. The minimum Gasteiger partial charge on any atom is -0.323 e. The zero-order valence-electron chi connectivity index (χ0n) is 12.2. The summed E-state index contributed by atoms with van der Waals surface area (Å²) in [6.07, 6.45) is 1.61. The van der Waals surface area contributed by atoms with Gasteiger partial charge in [-0.15, -0.1) is 11.8 Å². The average molecular weight is 351 g/mol. The van der Waals surface area contributed by atoms with Crippen LogP contribution in [0.4, 0.5) is 10.1 Å². The third kappa shape index (κ3) is 3.40. The van der Waals surface area contributed by atoms with Crippen LogP contribution >= 0.6 is 11.8 Å². The predicted molar refractivity (Wildman–Crippen MR) is 87.9 cm³/mol. The van der Waals surface area contributed by atoms with Crippen LogP contribution in [0.25, 0.3) is 0 Å². The van der Waals surface area contributed by atoms with Crippen LogP contribution in [0.1, 0.15) is 5.56 Å². The Kier molecular flexibility index (Phi) is 4.16. The van der Waals surface area contributed by atoms with E-state index in [0.29, 0.717) is 6.42 Å². The van der Waals surface area contributed by atoms with E-state index >= 15 is 0 Å². The molecule has 0 spiro atoms. The minimum absolute atomic E-state index is 0.0310. The van der Waals surface area contributed by atoms with Crippen molar-refractivity contribution in [3.8, 4) is 0 Å². The molecular weight excluding hydrogens is 337 g/mol. The number of fused-ring (bicyclic) bond motifs is 1. The molecule has 120 valence electrons. The molecule has 0 saturated carbocycles. The molecule has 3 rings (SSSR count). The zero-order valence-corrected chi connectivity index (χ0v) is 13.9. The van der Waals surface area contributed by atoms with E-state index in [1.165, 1.54) is 17.8 Å². The number of hydrogen-bond donors (Lipinski definition) is 1. The summed E-state index contributed by atoms with van der Waals surface area (Å²) in [5.74, 6) is -0.998. The van der Waals surface area contributed by atoms with Gasteiger partial charge >= 0.3 is 0 Å². The predicted octanol–water partition coefficient (Wildman–Crippen LogP) is 2.88. The molecule has 1 aliphatic heterocycles. The molecule has 23 heavy (non-hydrogen) atoms. The lowest BCUT2D eigenvalue weighted by atomic mass is 10.1. The zero-order chi connectivity index (χ0) is 16.6. The molecular formula is C16H14FNO3S2. The number of hydrogen-bond acceptors (Lipinski definition) is 4. The number of carbonyl (C=O) groups excluding carboxylic acids is 1. The van der Waals surface area contributed by atoms with Crippen molar-refractivity contribution in [3.05, 3.63) is 53.8 Å². The molecule has 0 bridgehead atoms. The van der Waals surface area contributed by atoms with Gasteiger partial charge in [-0.25, -0.2) is 12.8 Å². The number of rotatable bonds is 3. The van der Waals surface area contributed by atoms with Crippen LogP contribution in [-0.2, 0) is 21.1 Å². The standard InChI is InChI=1S/C16H14FNO3S2/c1-23(20,21)11-6-7-12(17)13(9-11)18-16(19)15-8-10-4-2-3-5-14(10)22-15/h2-7,9,15H,8H2,1H3,(H,18,19)/t15-/m1/s1. The van der Waals surface area contributed by atoms with Crippen molar-refractivity contribution in [2.45, 2.75) is 21.5 Å². The number of sulfone groups is 1. The number of thioether (sulfide) groups is 1. The summed E-state index contributed by atoms with van der Waals surface area (Å²) in [6, 6.07) is 11.1. The van der Waals surface area contributed by atoms with Crippen molar-refractivity contribution in [2.24, 2.45) is 0 Å². The van der Waals surface area contributed by atoms with Crippen molar-refractivity contribution >= 4 is 33.2 Å². The third-order valence-corrected chi connectivity index (χ3v) is 5.99. The Hall–Kier alpha value is -1.86. The molecule has 2 aromatic carbocycles. The van der Waals surface area contributed by atoms with Crippen LogP contribution in [0, 0.1) is 5.82 Å². The molecule has 7 heteroatoms. The molecule has 2 aromatic rings. The van der Waals surface area contributed by atoms with Crippen LogP contribution in [0.5, 0.6) is 0 Å². The Bertz CT molecular complexity index is 856. The molecule has 0 aromatic heterocycles. The van der Waals surface area contributed by atoms with Crippen LogP contribution < -0.4 is 5.32 Å². The van der Waals surface area contributed by atoms with Gasteiger partial charge in [-0.05, 0) is 36.2 Å². The Morgan fingerprint density at radius 2 is 2.00 bits per heavy atom. The smallest absolute Gasteiger partial charge is 0.238 e. The van der Waals surface area contributed by atoms with Gasteiger partial charge < -0.3 is 5.32 Å². The lowest BCUT2D eigenvalue weighted by Gasteiger charge is -2.11. The molecule has 0 fully saturated rings. The van der Waals surface area contributed by atoms with Gasteiger partial charge in [0.2, 0.25) is 5.91 Å². The number of halogens is 1. The summed E-state index contributed by atoms with van der Waals surface area (Å²) in [7, 11) is -3.46. The first kappa shape index (κ1) is 16.0. The normalized spacial score (nSPS) is 16.9. The average Bonchev–Trinajstić information content (AvgIpc) is 2.92. The number of benzene rings is 2. The second-order valence-corrected chi connectivity index (χ2v) is 8.58. The Morgan fingerprint density at radius 3 is 2.70 bits per heavy atom. The van der Waals surface area contributed by atoms with E-state index in [1.54, 1.807) is 0 Å². The molecule has 0 radical (unpaired) electrons. The fraction of sp³-hybridized carbons (Fsp3) is 0.188. The van der Waals surface area contributed by atoms with E-state index in [4.69, 9.17) is 0 Å². The molecule has 0 aliphatic carbocycles. The second-order valence-electron chi connectivity index (χ2n) is 5.32. The van der Waals surface area contributed by atoms with Gasteiger partial charge in [-0.2, -0.15) is 0 Å². The number of anilines is 1. The van der Waals surface area contributed by atoms with E-state index in [2.05, 4.69) is 5.32 Å². The van der Waals surface area contributed by atoms with E-state index in [9.17, 15) is 17.6 Å². The highest BCUT2D eigenvalue weighted by atomic mass is 32.2. The van der Waals surface area contributed by atoms with Gasteiger partial charge in [-0.3, -0.25) is 4.79 Å². The first-order chi connectivity index (χ1) is 10.8. The Morgan fingerprint density at radius 1 is 1.26 bits per heavy atom. The quantitative estimate of drug-likeness (QED) is 0.864. The molecule has 1 N–H and O–H groups in total. The molecule has 4 nitrogen and oxygen atoms in total. The maximum absolute atomic E-state index is 13.9. The third-order valence-electron chi connectivity index (χ3n) is 3.56. The Labute approximate surface area is 138 Å². The topological polar surface area (TPSA) is 63.2 Å². The van der Waals surface area contributed by atoms with E-state index < -0.39 is 15.7 Å². The van der Waals surface area contributed by atoms with E-state index in [-0.39, 0.29) is 21.7 Å². The molecule has 0 unspecified atom stereocenters. The van der Waals surface area contributed by atoms with E-state index in [0.717, 1.165) is 28.8 Å². The minimum atomic E-state index is -3.46. The Balaban J connectivity index is 1.79. The van der Waals surface area contributed by atoms with Crippen LogP contribution in [0.2, 0.25) is 0 Å². The number of amides is 1. The van der Waals surface area contributed by atoms with Crippen LogP contribution in [0.3, 0.4) is 0 Å². The number of carbonyl (C=O) groups is 1. The highest BCUT2D eigenvalue weighted by Gasteiger charge is 2.28. The second kappa shape index (κ2) is 5.98. The van der Waals surface area contributed by atoms with Gasteiger partial charge in [0.1, 0.15) is 5.82 Å². The summed E-state index contributed by atoms with van der Waals surface area (Å²) in [4.78, 5) is 13.4. The van der Waals surface area contributed by atoms with Crippen molar-refractivity contribution in [2.75, 3.05) is 11.6 Å². The molecule has 1 amide bonds. The molecule has 0 saturated heterocycles. The van der Waals surface area contributed by atoms with Crippen molar-refractivity contribution in [3.63, 3.8) is 0 Å². The largest absolute Gasteiger partial charge is 0.323 e. The van der Waals surface area contributed by atoms with Crippen molar-refractivity contribution < 1.29 is 17.6 Å². The fourth-order valence-corrected chi connectivity index (χ4v) is 4.21. The summed E-state index contributed by atoms with van der Waals surface area (Å²) < 4.78 is 36.9. The summed E-state index contributed by atoms with van der Waals surface area (Å²) in [6.45, 7) is 0. The maximum Gasteiger partial charge on any atom is 0.238 e. The van der Waals surface area contributed by atoms with Crippen LogP contribution in [0.15, 0.2) is 52.3 Å². The maximum atomic E-state index is 13.9. The highest BCUT2D eigenvalue weighted by Crippen LogP contribution is 2.37. The number of nitrogens with one attached hydrogen (secondary N) is 1. The van der Waals surface area contributed by atoms with Crippen molar-refractivity contribution in [1.82, 2.24) is 0 Å². The lowest BCUT2D eigenvalue weighted by Crippen LogP contribution is -2.25. The van der Waals surface area contributed by atoms with Gasteiger partial charge in [0.25, 0.3) is 0 Å². The van der Waals surface area contributed by atoms with Gasteiger partial charge in [0.05, 0.1) is 15.8 Å². The van der Waals surface area contributed by atoms with Gasteiger partial charge in [-0.1, -0.05) is 18.2 Å². The van der Waals surface area contributed by atoms with Crippen LogP contribution in [-0.4, -0.2) is 25.8 Å². The fourth-order valence-electron chi connectivity index (χ4n) is 2.37. The monoisotopic (exact) mass is 351 g/mol. The molecule has 1 atom stereocenters. The summed E-state index contributed by atoms with van der Waals surface area (Å²) in [5.41, 5.74) is 0.970. The van der Waals surface area contributed by atoms with E-state index in [1.807, 2.05) is 24.3 Å². The highest BCUT2D eigenvalue weighted by molar-refractivity contribution is 8.01. The summed E-state index contributed by atoms with van der Waals surface area (Å²) in [5, 5.41) is 2.15. The molecule has 1 aliphatic rings. The SMILES string of the molecule is CS(=O)(=O)c1ccc(F)c(NC(=O)[C@H]2Cc3ccccc3S2)c1. The lowest BCUT2D eigenvalue weighted by molar-refractivity contribution is -0.115. The first-order valence-corrected chi connectivity index (χ1v) is 9.67.